The van der Waals surface area contributed by atoms with Crippen LogP contribution in [-0.4, -0.2) is 26.1 Å². The molecule has 0 saturated carbocycles. The summed E-state index contributed by atoms with van der Waals surface area (Å²) in [6.45, 7) is 2.05. The van der Waals surface area contributed by atoms with Crippen LogP contribution in [0.1, 0.15) is 16.8 Å². The van der Waals surface area contributed by atoms with Crippen molar-refractivity contribution in [2.75, 3.05) is 10.6 Å². The molecule has 3 heterocycles. The fraction of sp³-hybridized carbons (Fsp3) is 0.0357. The molecule has 2 aromatic heterocycles. The molecule has 0 fully saturated rings. The first-order chi connectivity index (χ1) is 17.1. The maximum Gasteiger partial charge on any atom is 0.256 e. The molecular weight excluding hydrogens is 436 g/mol. The van der Waals surface area contributed by atoms with E-state index in [1.165, 1.54) is 0 Å². The fourth-order valence-corrected chi connectivity index (χ4v) is 4.23. The molecule has 0 radical (unpaired) electrons. The molecule has 3 aromatic carbocycles. The number of aryl methyl sites for hydroxylation is 1. The van der Waals surface area contributed by atoms with Gasteiger partial charge in [-0.2, -0.15) is 5.10 Å². The standard InChI is InChI=1S/C28H22N6O/c1-17-9-10-20(15-23(17)27-32-26(33-34-27)18-6-3-2-4-7-18)30-21-11-12-22-24(14-19-8-5-13-29-19)28(35)31-25(22)16-21/h2-16,29-30H,1H3,(H,31,35)(H,32,33,34). The lowest BCUT2D eigenvalue weighted by atomic mass is 10.0. The third kappa shape index (κ3) is 4.00. The van der Waals surface area contributed by atoms with Gasteiger partial charge in [0.1, 0.15) is 0 Å². The van der Waals surface area contributed by atoms with Gasteiger partial charge in [-0.3, -0.25) is 9.89 Å². The first-order valence-electron chi connectivity index (χ1n) is 11.3. The largest absolute Gasteiger partial charge is 0.362 e. The number of hydrogen-bond acceptors (Lipinski definition) is 4. The number of aromatic nitrogens is 4. The van der Waals surface area contributed by atoms with Gasteiger partial charge in [-0.05, 0) is 55.0 Å². The van der Waals surface area contributed by atoms with E-state index in [9.17, 15) is 4.79 Å². The molecule has 5 aromatic rings. The molecule has 4 N–H and O–H groups in total. The SMILES string of the molecule is Cc1ccc(Nc2ccc3c(c2)NC(=O)C3=Cc2ccc[nH]2)cc1-c1nc(-c2ccccc2)n[nH]1. The number of anilines is 3. The van der Waals surface area contributed by atoms with E-state index in [0.29, 0.717) is 17.2 Å². The van der Waals surface area contributed by atoms with Crippen LogP contribution in [0.4, 0.5) is 17.1 Å². The molecule has 1 aliphatic heterocycles. The summed E-state index contributed by atoms with van der Waals surface area (Å²) in [6, 6.07) is 25.7. The van der Waals surface area contributed by atoms with Crippen molar-refractivity contribution < 1.29 is 4.79 Å². The van der Waals surface area contributed by atoms with Crippen LogP contribution in [0.2, 0.25) is 0 Å². The Morgan fingerprint density at radius 2 is 1.71 bits per heavy atom. The number of H-pyrrole nitrogens is 2. The summed E-state index contributed by atoms with van der Waals surface area (Å²) < 4.78 is 0. The van der Waals surface area contributed by atoms with Gasteiger partial charge in [-0.1, -0.05) is 42.5 Å². The van der Waals surface area contributed by atoms with Crippen molar-refractivity contribution in [1.82, 2.24) is 20.2 Å². The van der Waals surface area contributed by atoms with Crippen LogP contribution in [0.3, 0.4) is 0 Å². The zero-order chi connectivity index (χ0) is 23.8. The Morgan fingerprint density at radius 3 is 2.54 bits per heavy atom. The Balaban J connectivity index is 1.27. The summed E-state index contributed by atoms with van der Waals surface area (Å²) in [7, 11) is 0. The number of benzene rings is 3. The second-order valence-electron chi connectivity index (χ2n) is 8.43. The summed E-state index contributed by atoms with van der Waals surface area (Å²) in [6.07, 6.45) is 3.70. The summed E-state index contributed by atoms with van der Waals surface area (Å²) in [5.74, 6) is 1.27. The molecule has 7 heteroatoms. The lowest BCUT2D eigenvalue weighted by Crippen LogP contribution is -2.03. The Hall–Kier alpha value is -4.91. The average molecular weight is 459 g/mol. The number of carbonyl (C=O) groups excluding carboxylic acids is 1. The van der Waals surface area contributed by atoms with E-state index < -0.39 is 0 Å². The molecule has 170 valence electrons. The maximum absolute atomic E-state index is 12.5. The van der Waals surface area contributed by atoms with Crippen LogP contribution < -0.4 is 10.6 Å². The topological polar surface area (TPSA) is 98.5 Å². The van der Waals surface area contributed by atoms with Gasteiger partial charge in [0.2, 0.25) is 0 Å². The number of aromatic amines is 2. The van der Waals surface area contributed by atoms with Crippen LogP contribution in [0, 0.1) is 6.92 Å². The number of carbonyl (C=O) groups is 1. The van der Waals surface area contributed by atoms with E-state index in [-0.39, 0.29) is 5.91 Å². The number of hydrogen-bond donors (Lipinski definition) is 4. The minimum absolute atomic E-state index is 0.107. The van der Waals surface area contributed by atoms with Gasteiger partial charge in [0.25, 0.3) is 5.91 Å². The lowest BCUT2D eigenvalue weighted by Gasteiger charge is -2.11. The Labute approximate surface area is 202 Å². The van der Waals surface area contributed by atoms with Crippen molar-refractivity contribution in [3.63, 3.8) is 0 Å². The minimum Gasteiger partial charge on any atom is -0.362 e. The molecule has 0 spiro atoms. The fourth-order valence-electron chi connectivity index (χ4n) is 4.23. The second-order valence-corrected chi connectivity index (χ2v) is 8.43. The van der Waals surface area contributed by atoms with Gasteiger partial charge in [0, 0.05) is 40.0 Å². The Morgan fingerprint density at radius 1 is 0.886 bits per heavy atom. The van der Waals surface area contributed by atoms with Crippen LogP contribution in [0.25, 0.3) is 34.4 Å². The van der Waals surface area contributed by atoms with Crippen LogP contribution in [0.5, 0.6) is 0 Å². The highest BCUT2D eigenvalue weighted by Crippen LogP contribution is 2.36. The van der Waals surface area contributed by atoms with Crippen LogP contribution in [-0.2, 0) is 4.79 Å². The smallest absolute Gasteiger partial charge is 0.256 e. The zero-order valence-electron chi connectivity index (χ0n) is 19.0. The highest BCUT2D eigenvalue weighted by Gasteiger charge is 2.24. The van der Waals surface area contributed by atoms with E-state index in [2.05, 4.69) is 31.9 Å². The molecule has 1 amide bonds. The second kappa shape index (κ2) is 8.46. The van der Waals surface area contributed by atoms with Gasteiger partial charge in [0.15, 0.2) is 11.6 Å². The van der Waals surface area contributed by atoms with E-state index in [4.69, 9.17) is 4.98 Å². The van der Waals surface area contributed by atoms with E-state index in [0.717, 1.165) is 45.0 Å². The highest BCUT2D eigenvalue weighted by molar-refractivity contribution is 6.35. The third-order valence-corrected chi connectivity index (χ3v) is 6.02. The number of nitrogens with zero attached hydrogens (tertiary/aromatic N) is 2. The van der Waals surface area contributed by atoms with E-state index in [1.807, 2.05) is 92.0 Å². The summed E-state index contributed by atoms with van der Waals surface area (Å²) in [4.78, 5) is 20.4. The van der Waals surface area contributed by atoms with Gasteiger partial charge < -0.3 is 15.6 Å². The molecule has 7 nitrogen and oxygen atoms in total. The van der Waals surface area contributed by atoms with Crippen molar-refractivity contribution in [3.8, 4) is 22.8 Å². The van der Waals surface area contributed by atoms with Gasteiger partial charge in [0.05, 0.1) is 11.3 Å². The molecule has 0 saturated heterocycles. The van der Waals surface area contributed by atoms with Crippen molar-refractivity contribution in [2.24, 2.45) is 0 Å². The lowest BCUT2D eigenvalue weighted by molar-refractivity contribution is -0.110. The monoisotopic (exact) mass is 458 g/mol. The van der Waals surface area contributed by atoms with Crippen LogP contribution in [0.15, 0.2) is 85.1 Å². The highest BCUT2D eigenvalue weighted by atomic mass is 16.2. The third-order valence-electron chi connectivity index (χ3n) is 6.02. The molecule has 1 aliphatic rings. The summed E-state index contributed by atoms with van der Waals surface area (Å²) >= 11 is 0. The zero-order valence-corrected chi connectivity index (χ0v) is 19.0. The number of nitrogens with one attached hydrogen (secondary N) is 4. The van der Waals surface area contributed by atoms with Gasteiger partial charge >= 0.3 is 0 Å². The Kier molecular flexibility index (Phi) is 5.00. The Bertz CT molecular complexity index is 1560. The number of rotatable bonds is 5. The van der Waals surface area contributed by atoms with Crippen molar-refractivity contribution in [3.05, 3.63) is 102 Å². The predicted octanol–water partition coefficient (Wildman–Crippen LogP) is 6.01. The normalized spacial score (nSPS) is 13.6. The first kappa shape index (κ1) is 20.7. The summed E-state index contributed by atoms with van der Waals surface area (Å²) in [5, 5.41) is 13.9. The first-order valence-corrected chi connectivity index (χ1v) is 11.3. The van der Waals surface area contributed by atoms with E-state index >= 15 is 0 Å². The van der Waals surface area contributed by atoms with Gasteiger partial charge in [-0.15, -0.1) is 0 Å². The number of amides is 1. The average Bonchev–Trinajstić information content (AvgIpc) is 3.62. The molecule has 0 atom stereocenters. The van der Waals surface area contributed by atoms with Crippen LogP contribution >= 0.6 is 0 Å². The predicted molar refractivity (Wildman–Crippen MR) is 139 cm³/mol. The van der Waals surface area contributed by atoms with Gasteiger partial charge in [-0.25, -0.2) is 4.98 Å². The minimum atomic E-state index is -0.107. The molecule has 35 heavy (non-hydrogen) atoms. The molecular formula is C28H22N6O. The maximum atomic E-state index is 12.5. The van der Waals surface area contributed by atoms with Crippen molar-refractivity contribution in [1.29, 1.82) is 0 Å². The van der Waals surface area contributed by atoms with Crippen molar-refractivity contribution >= 4 is 34.6 Å². The summed E-state index contributed by atoms with van der Waals surface area (Å²) in [5.41, 5.74) is 8.01. The van der Waals surface area contributed by atoms with E-state index in [1.54, 1.807) is 0 Å². The molecule has 0 bridgehead atoms. The molecule has 6 rings (SSSR count). The number of fused-ring (bicyclic) bond motifs is 1. The van der Waals surface area contributed by atoms with Crippen molar-refractivity contribution in [2.45, 2.75) is 6.92 Å². The molecule has 0 aliphatic carbocycles. The quantitative estimate of drug-likeness (QED) is 0.242. The molecule has 0 unspecified atom stereocenters.